The van der Waals surface area contributed by atoms with E-state index in [1.54, 1.807) is 0 Å². The molecular weight excluding hydrogens is 332 g/mol. The normalized spacial score (nSPS) is 10.3. The zero-order valence-corrected chi connectivity index (χ0v) is 14.9. The molecule has 0 atom stereocenters. The highest BCUT2D eigenvalue weighted by Gasteiger charge is 2.03. The van der Waals surface area contributed by atoms with Crippen molar-refractivity contribution in [3.05, 3.63) is 0 Å². The van der Waals surface area contributed by atoms with Crippen molar-refractivity contribution in [2.75, 3.05) is 52.7 Å². The molecule has 0 spiro atoms. The van der Waals surface area contributed by atoms with Crippen LogP contribution in [-0.4, -0.2) is 76.1 Å². The number of hydrogen-bond acceptors (Lipinski definition) is 7. The molecule has 0 fully saturated rings. The Morgan fingerprint density at radius 1 is 0.640 bits per heavy atom. The van der Waals surface area contributed by atoms with Crippen LogP contribution in [0.3, 0.4) is 0 Å². The molecule has 2 N–H and O–H groups in total. The van der Waals surface area contributed by atoms with Gasteiger partial charge in [0.2, 0.25) is 11.8 Å². The molecule has 0 saturated heterocycles. The van der Waals surface area contributed by atoms with Gasteiger partial charge in [0, 0.05) is 25.9 Å². The Labute approximate surface area is 147 Å². The van der Waals surface area contributed by atoms with Crippen LogP contribution in [-0.2, 0) is 33.4 Å². The van der Waals surface area contributed by atoms with Gasteiger partial charge in [0.1, 0.15) is 24.8 Å². The van der Waals surface area contributed by atoms with Crippen molar-refractivity contribution in [3.63, 3.8) is 0 Å². The third-order valence-electron chi connectivity index (χ3n) is 2.81. The third-order valence-corrected chi connectivity index (χ3v) is 2.81. The van der Waals surface area contributed by atoms with Gasteiger partial charge in [-0.15, -0.1) is 0 Å². The summed E-state index contributed by atoms with van der Waals surface area (Å²) in [5.41, 5.74) is 0. The van der Waals surface area contributed by atoms with Crippen LogP contribution in [0.15, 0.2) is 0 Å². The maximum Gasteiger partial charge on any atom is 0.246 e. The van der Waals surface area contributed by atoms with Crippen molar-refractivity contribution >= 4 is 23.4 Å². The van der Waals surface area contributed by atoms with E-state index in [0.717, 1.165) is 0 Å². The number of hydrogen-bond donors (Lipinski definition) is 2. The van der Waals surface area contributed by atoms with E-state index in [4.69, 9.17) is 14.2 Å². The molecule has 0 unspecified atom stereocenters. The summed E-state index contributed by atoms with van der Waals surface area (Å²) in [4.78, 5) is 44.0. The molecule has 0 rings (SSSR count). The summed E-state index contributed by atoms with van der Waals surface area (Å²) in [7, 11) is 0. The molecule has 0 aromatic carbocycles. The van der Waals surface area contributed by atoms with Crippen molar-refractivity contribution in [1.82, 2.24) is 10.6 Å². The van der Waals surface area contributed by atoms with Crippen molar-refractivity contribution in [1.29, 1.82) is 0 Å². The summed E-state index contributed by atoms with van der Waals surface area (Å²) in [6.45, 7) is 4.49. The average molecular weight is 360 g/mol. The monoisotopic (exact) mass is 360 g/mol. The van der Waals surface area contributed by atoms with Crippen LogP contribution < -0.4 is 10.6 Å². The molecule has 144 valence electrons. The van der Waals surface area contributed by atoms with E-state index >= 15 is 0 Å². The van der Waals surface area contributed by atoms with Gasteiger partial charge in [0.05, 0.1) is 26.4 Å². The van der Waals surface area contributed by atoms with Crippen molar-refractivity contribution < 1.29 is 33.4 Å². The lowest BCUT2D eigenvalue weighted by atomic mass is 10.3. The summed E-state index contributed by atoms with van der Waals surface area (Å²) in [5, 5.41) is 5.12. The Morgan fingerprint density at radius 3 is 1.36 bits per heavy atom. The standard InChI is InChI=1S/C16H28N2O7/c1-13(19)3-5-17-15(21)11-24-9-7-23-8-10-25-12-16(22)18-6-4-14(2)20/h3-12H2,1-2H3,(H,17,21)(H,18,22). The number of rotatable bonds is 16. The Kier molecular flexibility index (Phi) is 14.5. The van der Waals surface area contributed by atoms with Crippen LogP contribution in [0, 0.1) is 0 Å². The Hall–Kier alpha value is -1.84. The van der Waals surface area contributed by atoms with E-state index in [1.807, 2.05) is 0 Å². The second kappa shape index (κ2) is 15.7. The first-order valence-corrected chi connectivity index (χ1v) is 8.17. The van der Waals surface area contributed by atoms with Crippen LogP contribution in [0.1, 0.15) is 26.7 Å². The van der Waals surface area contributed by atoms with E-state index in [1.165, 1.54) is 13.8 Å². The van der Waals surface area contributed by atoms with Crippen LogP contribution in [0.2, 0.25) is 0 Å². The second-order valence-electron chi connectivity index (χ2n) is 5.32. The fourth-order valence-corrected chi connectivity index (χ4v) is 1.53. The van der Waals surface area contributed by atoms with Crippen LogP contribution in [0.4, 0.5) is 0 Å². The van der Waals surface area contributed by atoms with E-state index in [-0.39, 0.29) is 49.8 Å². The lowest BCUT2D eigenvalue weighted by Gasteiger charge is -2.07. The summed E-state index contributed by atoms with van der Waals surface area (Å²) >= 11 is 0. The number of amides is 2. The average Bonchev–Trinajstić information content (AvgIpc) is 2.52. The topological polar surface area (TPSA) is 120 Å². The minimum absolute atomic E-state index is 0.0189. The van der Waals surface area contributed by atoms with Gasteiger partial charge in [0.25, 0.3) is 0 Å². The van der Waals surface area contributed by atoms with E-state index in [9.17, 15) is 19.2 Å². The summed E-state index contributed by atoms with van der Waals surface area (Å²) in [6, 6.07) is 0. The van der Waals surface area contributed by atoms with Gasteiger partial charge in [-0.2, -0.15) is 0 Å². The lowest BCUT2D eigenvalue weighted by Crippen LogP contribution is -2.30. The van der Waals surface area contributed by atoms with Crippen molar-refractivity contribution in [2.45, 2.75) is 26.7 Å². The molecule has 2 amide bonds. The number of ether oxygens (including phenoxy) is 3. The third kappa shape index (κ3) is 18.3. The highest BCUT2D eigenvalue weighted by atomic mass is 16.5. The Morgan fingerprint density at radius 2 is 1.00 bits per heavy atom. The molecule has 0 aromatic rings. The Bertz CT molecular complexity index is 389. The van der Waals surface area contributed by atoms with Gasteiger partial charge in [-0.25, -0.2) is 0 Å². The summed E-state index contributed by atoms with van der Waals surface area (Å²) < 4.78 is 15.4. The first kappa shape index (κ1) is 23.2. The second-order valence-corrected chi connectivity index (χ2v) is 5.32. The summed E-state index contributed by atoms with van der Waals surface area (Å²) in [6.07, 6.45) is 0.618. The predicted molar refractivity (Wildman–Crippen MR) is 89.1 cm³/mol. The molecule has 0 radical (unpaired) electrons. The molecule has 0 aromatic heterocycles. The van der Waals surface area contributed by atoms with Crippen molar-refractivity contribution in [2.24, 2.45) is 0 Å². The fourth-order valence-electron chi connectivity index (χ4n) is 1.53. The minimum atomic E-state index is -0.277. The zero-order valence-electron chi connectivity index (χ0n) is 14.9. The largest absolute Gasteiger partial charge is 0.377 e. The van der Waals surface area contributed by atoms with Crippen LogP contribution >= 0.6 is 0 Å². The predicted octanol–water partition coefficient (Wildman–Crippen LogP) is -0.773. The first-order valence-electron chi connectivity index (χ1n) is 8.17. The number of nitrogens with one attached hydrogen (secondary N) is 2. The maximum absolute atomic E-state index is 11.3. The highest BCUT2D eigenvalue weighted by Crippen LogP contribution is 1.84. The number of ketones is 2. The molecule has 0 heterocycles. The first-order chi connectivity index (χ1) is 11.9. The fraction of sp³-hybridized carbons (Fsp3) is 0.750. The van der Waals surface area contributed by atoms with Gasteiger partial charge in [-0.05, 0) is 13.8 Å². The molecule has 9 nitrogen and oxygen atoms in total. The number of carbonyl (C=O) groups excluding carboxylic acids is 4. The Balaban J connectivity index is 3.30. The van der Waals surface area contributed by atoms with Crippen LogP contribution in [0.25, 0.3) is 0 Å². The molecule has 0 aliphatic heterocycles. The molecular formula is C16H28N2O7. The van der Waals surface area contributed by atoms with Crippen LogP contribution in [0.5, 0.6) is 0 Å². The maximum atomic E-state index is 11.3. The summed E-state index contributed by atoms with van der Waals surface area (Å²) in [5.74, 6) is -0.517. The number of Topliss-reactive ketones (excluding diaryl/α,β-unsaturated/α-hetero) is 2. The number of carbonyl (C=O) groups is 4. The van der Waals surface area contributed by atoms with Gasteiger partial charge in [-0.1, -0.05) is 0 Å². The van der Waals surface area contributed by atoms with E-state index < -0.39 is 0 Å². The molecule has 9 heteroatoms. The van der Waals surface area contributed by atoms with E-state index in [0.29, 0.717) is 39.1 Å². The lowest BCUT2D eigenvalue weighted by molar-refractivity contribution is -0.126. The smallest absolute Gasteiger partial charge is 0.246 e. The van der Waals surface area contributed by atoms with Gasteiger partial charge in [-0.3, -0.25) is 19.2 Å². The van der Waals surface area contributed by atoms with Gasteiger partial charge >= 0.3 is 0 Å². The zero-order chi connectivity index (χ0) is 18.9. The van der Waals surface area contributed by atoms with Crippen molar-refractivity contribution in [3.8, 4) is 0 Å². The highest BCUT2D eigenvalue weighted by molar-refractivity contribution is 5.80. The van der Waals surface area contributed by atoms with Gasteiger partial charge < -0.3 is 24.8 Å². The molecule has 0 saturated carbocycles. The molecule has 0 aliphatic carbocycles. The SMILES string of the molecule is CC(=O)CCNC(=O)COCCOCCOCC(=O)NCCC(C)=O. The van der Waals surface area contributed by atoms with Gasteiger partial charge in [0.15, 0.2) is 0 Å². The molecule has 25 heavy (non-hydrogen) atoms. The van der Waals surface area contributed by atoms with E-state index in [2.05, 4.69) is 10.6 Å². The molecule has 0 bridgehead atoms. The molecule has 0 aliphatic rings. The minimum Gasteiger partial charge on any atom is -0.377 e. The quantitative estimate of drug-likeness (QED) is 0.347.